The van der Waals surface area contributed by atoms with Crippen molar-refractivity contribution in [3.63, 3.8) is 0 Å². The van der Waals surface area contributed by atoms with E-state index in [1.807, 2.05) is 50.2 Å². The van der Waals surface area contributed by atoms with Gasteiger partial charge in [-0.05, 0) is 86.6 Å². The zero-order chi connectivity index (χ0) is 22.2. The van der Waals surface area contributed by atoms with Gasteiger partial charge in [-0.1, -0.05) is 30.7 Å². The lowest BCUT2D eigenvalue weighted by atomic mass is 9.80. The van der Waals surface area contributed by atoms with E-state index in [0.29, 0.717) is 22.2 Å². The van der Waals surface area contributed by atoms with Gasteiger partial charge in [0, 0.05) is 29.0 Å². The van der Waals surface area contributed by atoms with Crippen LogP contribution in [0.5, 0.6) is 0 Å². The predicted molar refractivity (Wildman–Crippen MR) is 125 cm³/mol. The van der Waals surface area contributed by atoms with Crippen molar-refractivity contribution in [1.82, 2.24) is 0 Å². The molecular weight excluding hydrogens is 394 g/mol. The van der Waals surface area contributed by atoms with E-state index in [0.717, 1.165) is 23.2 Å². The Bertz CT molecular complexity index is 1080. The number of hydrogen-bond donors (Lipinski definition) is 1. The molecule has 0 saturated heterocycles. The highest BCUT2D eigenvalue weighted by Crippen LogP contribution is 2.44. The van der Waals surface area contributed by atoms with Crippen molar-refractivity contribution in [2.24, 2.45) is 0 Å². The van der Waals surface area contributed by atoms with Gasteiger partial charge in [0.2, 0.25) is 0 Å². The average molecular weight is 422 g/mol. The molecule has 1 unspecified atom stereocenters. The van der Waals surface area contributed by atoms with Crippen LogP contribution in [0.1, 0.15) is 55.4 Å². The monoisotopic (exact) mass is 421 g/mol. The third kappa shape index (κ3) is 4.08. The number of anilines is 2. The van der Waals surface area contributed by atoms with Gasteiger partial charge in [0.15, 0.2) is 0 Å². The fourth-order valence-corrected chi connectivity index (χ4v) is 4.31. The van der Waals surface area contributed by atoms with Gasteiger partial charge >= 0.3 is 0 Å². The molecule has 0 radical (unpaired) electrons. The first-order chi connectivity index (χ1) is 14.0. The Kier molecular flexibility index (Phi) is 5.97. The molecule has 1 aliphatic heterocycles. The molecule has 1 heterocycles. The van der Waals surface area contributed by atoms with Crippen LogP contribution in [0.4, 0.5) is 11.4 Å². The Morgan fingerprint density at radius 3 is 2.70 bits per heavy atom. The smallest absolute Gasteiger partial charge is 0.266 e. The molecule has 2 aromatic carbocycles. The van der Waals surface area contributed by atoms with Gasteiger partial charge in [-0.2, -0.15) is 5.26 Å². The molecule has 1 aliphatic rings. The number of nitrogens with zero attached hydrogens (tertiary/aromatic N) is 2. The summed E-state index contributed by atoms with van der Waals surface area (Å²) in [5, 5.41) is 13.0. The molecule has 2 aromatic rings. The molecule has 0 aromatic heterocycles. The molecule has 3 rings (SSSR count). The molecule has 0 bridgehead atoms. The van der Waals surface area contributed by atoms with Gasteiger partial charge < -0.3 is 10.2 Å². The molecular formula is C25H28ClN3O. The quantitative estimate of drug-likeness (QED) is 0.472. The molecule has 0 fully saturated rings. The fourth-order valence-electron chi connectivity index (χ4n) is 4.10. The first-order valence-corrected chi connectivity index (χ1v) is 10.5. The Morgan fingerprint density at radius 1 is 1.33 bits per heavy atom. The number of nitriles is 1. The summed E-state index contributed by atoms with van der Waals surface area (Å²) in [5.41, 5.74) is 5.78. The largest absolute Gasteiger partial charge is 0.369 e. The van der Waals surface area contributed by atoms with Crippen LogP contribution < -0.4 is 10.2 Å². The number of hydrogen-bond acceptors (Lipinski definition) is 3. The normalized spacial score (nSPS) is 17.9. The van der Waals surface area contributed by atoms with Crippen LogP contribution in [-0.2, 0) is 4.79 Å². The van der Waals surface area contributed by atoms with E-state index in [-0.39, 0.29) is 11.1 Å². The lowest BCUT2D eigenvalue weighted by molar-refractivity contribution is -0.112. The zero-order valence-electron chi connectivity index (χ0n) is 18.4. The van der Waals surface area contributed by atoms with Gasteiger partial charge in [0.25, 0.3) is 5.91 Å². The van der Waals surface area contributed by atoms with Gasteiger partial charge in [-0.15, -0.1) is 0 Å². The van der Waals surface area contributed by atoms with Crippen LogP contribution in [0.2, 0.25) is 5.02 Å². The highest BCUT2D eigenvalue weighted by molar-refractivity contribution is 6.32. The SMILES string of the molecule is Cc1cccc(NC(=O)/C(C#N)=C\c2cc3c(cc2Cl)N(C)C(C)(C)CC3C)c1C. The van der Waals surface area contributed by atoms with Crippen molar-refractivity contribution < 1.29 is 4.79 Å². The van der Waals surface area contributed by atoms with Gasteiger partial charge in [0.05, 0.1) is 0 Å². The second-order valence-corrected chi connectivity index (χ2v) is 9.19. The van der Waals surface area contributed by atoms with Crippen LogP contribution >= 0.6 is 11.6 Å². The molecule has 1 N–H and O–H groups in total. The third-order valence-corrected chi connectivity index (χ3v) is 6.60. The number of halogens is 1. The number of aryl methyl sites for hydroxylation is 1. The summed E-state index contributed by atoms with van der Waals surface area (Å²) in [6.07, 6.45) is 2.59. The minimum atomic E-state index is -0.439. The summed E-state index contributed by atoms with van der Waals surface area (Å²) >= 11 is 6.57. The van der Waals surface area contributed by atoms with E-state index in [4.69, 9.17) is 11.6 Å². The molecule has 156 valence electrons. The molecule has 30 heavy (non-hydrogen) atoms. The number of amides is 1. The molecule has 0 aliphatic carbocycles. The third-order valence-electron chi connectivity index (χ3n) is 6.27. The van der Waals surface area contributed by atoms with E-state index in [1.165, 1.54) is 5.56 Å². The maximum atomic E-state index is 12.8. The van der Waals surface area contributed by atoms with Gasteiger partial charge in [-0.25, -0.2) is 0 Å². The molecule has 4 nitrogen and oxygen atoms in total. The summed E-state index contributed by atoms with van der Waals surface area (Å²) in [6, 6.07) is 11.7. The second kappa shape index (κ2) is 8.16. The van der Waals surface area contributed by atoms with Crippen LogP contribution in [0.3, 0.4) is 0 Å². The summed E-state index contributed by atoms with van der Waals surface area (Å²) in [4.78, 5) is 15.0. The fraction of sp³-hybridized carbons (Fsp3) is 0.360. The van der Waals surface area contributed by atoms with Crippen LogP contribution in [0.15, 0.2) is 35.9 Å². The predicted octanol–water partition coefficient (Wildman–Crippen LogP) is 6.22. The van der Waals surface area contributed by atoms with E-state index in [9.17, 15) is 10.1 Å². The number of carbonyl (C=O) groups is 1. The number of benzene rings is 2. The summed E-state index contributed by atoms with van der Waals surface area (Å²) < 4.78 is 0. The average Bonchev–Trinajstić information content (AvgIpc) is 2.68. The number of rotatable bonds is 3. The summed E-state index contributed by atoms with van der Waals surface area (Å²) in [5.74, 6) is -0.0868. The van der Waals surface area contributed by atoms with Gasteiger partial charge in [0.1, 0.15) is 11.6 Å². The topological polar surface area (TPSA) is 56.1 Å². The van der Waals surface area contributed by atoms with E-state index >= 15 is 0 Å². The first kappa shape index (κ1) is 21.9. The van der Waals surface area contributed by atoms with Crippen molar-refractivity contribution in [2.75, 3.05) is 17.3 Å². The number of nitrogens with one attached hydrogen (secondary N) is 1. The van der Waals surface area contributed by atoms with Crippen LogP contribution in [0.25, 0.3) is 6.08 Å². The standard InChI is InChI=1S/C25H28ClN3O/c1-15-8-7-9-22(17(15)3)28-24(30)19(14-27)10-18-11-20-16(2)13-25(4,5)29(6)23(20)12-21(18)26/h7-12,16H,13H2,1-6H3,(H,28,30)/b19-10-. The van der Waals surface area contributed by atoms with Crippen LogP contribution in [-0.4, -0.2) is 18.5 Å². The van der Waals surface area contributed by atoms with E-state index in [2.05, 4.69) is 38.0 Å². The zero-order valence-corrected chi connectivity index (χ0v) is 19.2. The van der Waals surface area contributed by atoms with Crippen molar-refractivity contribution in [1.29, 1.82) is 5.26 Å². The van der Waals surface area contributed by atoms with Crippen molar-refractivity contribution in [3.05, 3.63) is 63.2 Å². The number of fused-ring (bicyclic) bond motifs is 1. The van der Waals surface area contributed by atoms with Crippen molar-refractivity contribution >= 4 is 35.0 Å². The molecule has 1 amide bonds. The lowest BCUT2D eigenvalue weighted by Gasteiger charge is -2.45. The molecule has 0 saturated carbocycles. The molecule has 1 atom stereocenters. The number of carbonyl (C=O) groups excluding carboxylic acids is 1. The van der Waals surface area contributed by atoms with Crippen molar-refractivity contribution in [2.45, 2.75) is 52.5 Å². The Hall–Kier alpha value is -2.77. The summed E-state index contributed by atoms with van der Waals surface area (Å²) in [7, 11) is 2.08. The first-order valence-electron chi connectivity index (χ1n) is 10.1. The Balaban J connectivity index is 1.97. The lowest BCUT2D eigenvalue weighted by Crippen LogP contribution is -2.45. The molecule has 0 spiro atoms. The maximum absolute atomic E-state index is 12.8. The Labute approximate surface area is 184 Å². The maximum Gasteiger partial charge on any atom is 0.266 e. The summed E-state index contributed by atoms with van der Waals surface area (Å²) in [6.45, 7) is 10.6. The minimum absolute atomic E-state index is 0.0231. The highest BCUT2D eigenvalue weighted by atomic mass is 35.5. The highest BCUT2D eigenvalue weighted by Gasteiger charge is 2.34. The molecule has 5 heteroatoms. The second-order valence-electron chi connectivity index (χ2n) is 8.78. The van der Waals surface area contributed by atoms with Crippen molar-refractivity contribution in [3.8, 4) is 6.07 Å². The Morgan fingerprint density at radius 2 is 2.03 bits per heavy atom. The van der Waals surface area contributed by atoms with Gasteiger partial charge in [-0.3, -0.25) is 4.79 Å². The van der Waals surface area contributed by atoms with E-state index < -0.39 is 5.91 Å². The van der Waals surface area contributed by atoms with E-state index in [1.54, 1.807) is 6.08 Å². The van der Waals surface area contributed by atoms with Crippen LogP contribution in [0, 0.1) is 25.2 Å². The minimum Gasteiger partial charge on any atom is -0.369 e.